The van der Waals surface area contributed by atoms with E-state index in [2.05, 4.69) is 10.6 Å². The van der Waals surface area contributed by atoms with Crippen LogP contribution in [0.2, 0.25) is 5.02 Å². The summed E-state index contributed by atoms with van der Waals surface area (Å²) in [6.45, 7) is 0. The van der Waals surface area contributed by atoms with E-state index in [1.165, 1.54) is 12.1 Å². The minimum absolute atomic E-state index is 0.151. The van der Waals surface area contributed by atoms with E-state index in [-0.39, 0.29) is 11.1 Å². The molecule has 1 unspecified atom stereocenters. The van der Waals surface area contributed by atoms with Crippen molar-refractivity contribution in [2.75, 3.05) is 17.7 Å². The molecule has 8 heteroatoms. The van der Waals surface area contributed by atoms with Gasteiger partial charge in [0.2, 0.25) is 5.91 Å². The monoisotopic (exact) mass is 473 g/mol. The minimum atomic E-state index is -1.07. The second-order valence-electron chi connectivity index (χ2n) is 7.99. The molecule has 1 amide bonds. The number of carboxylic acids is 1. The van der Waals surface area contributed by atoms with Crippen molar-refractivity contribution >= 4 is 45.6 Å². The first kappa shape index (κ1) is 21.6. The Morgan fingerprint density at radius 1 is 0.882 bits per heavy atom. The molecule has 34 heavy (non-hydrogen) atoms. The topological polar surface area (TPSA) is 114 Å². The highest BCUT2D eigenvalue weighted by Crippen LogP contribution is 2.48. The lowest BCUT2D eigenvalue weighted by Crippen LogP contribution is -2.40. The number of nitrogens with one attached hydrogen (secondary N) is 2. The van der Waals surface area contributed by atoms with Crippen LogP contribution in [0.3, 0.4) is 0 Å². The van der Waals surface area contributed by atoms with Gasteiger partial charge >= 0.3 is 5.97 Å². The zero-order valence-corrected chi connectivity index (χ0v) is 18.8. The summed E-state index contributed by atoms with van der Waals surface area (Å²) in [6.07, 6.45) is 0. The van der Waals surface area contributed by atoms with Gasteiger partial charge in [0.25, 0.3) is 0 Å². The Bertz CT molecular complexity index is 1490. The number of hydrogen-bond acceptors (Lipinski definition) is 5. The van der Waals surface area contributed by atoms with Crippen LogP contribution in [-0.2, 0) is 5.66 Å². The number of carbonyl (C=O) groups excluding carboxylic acids is 1. The quantitative estimate of drug-likeness (QED) is 0.323. The molecule has 1 aliphatic heterocycles. The number of hydrogen-bond donors (Lipinski definition) is 4. The van der Waals surface area contributed by atoms with Crippen molar-refractivity contribution in [1.82, 2.24) is 0 Å². The third kappa shape index (κ3) is 3.29. The van der Waals surface area contributed by atoms with Crippen molar-refractivity contribution in [3.8, 4) is 5.75 Å². The minimum Gasteiger partial charge on any atom is -0.496 e. The van der Waals surface area contributed by atoms with Crippen LogP contribution in [0.25, 0.3) is 10.8 Å². The number of carboxylic acid groups (broad SMARTS) is 1. The van der Waals surface area contributed by atoms with E-state index in [4.69, 9.17) is 22.1 Å². The summed E-state index contributed by atoms with van der Waals surface area (Å²) in [5.74, 6) is -0.895. The van der Waals surface area contributed by atoms with Crippen molar-refractivity contribution in [3.63, 3.8) is 0 Å². The average molecular weight is 474 g/mol. The first-order chi connectivity index (χ1) is 16.3. The number of anilines is 2. The van der Waals surface area contributed by atoms with Crippen LogP contribution in [0.1, 0.15) is 31.8 Å². The van der Waals surface area contributed by atoms with Crippen LogP contribution in [0.4, 0.5) is 11.4 Å². The maximum Gasteiger partial charge on any atom is 0.335 e. The predicted octanol–water partition coefficient (Wildman–Crippen LogP) is 5.04. The van der Waals surface area contributed by atoms with Crippen LogP contribution >= 0.6 is 11.6 Å². The Hall–Kier alpha value is -4.23. The molecule has 1 heterocycles. The molecule has 0 spiro atoms. The summed E-state index contributed by atoms with van der Waals surface area (Å²) >= 11 is 6.72. The standard InChI is InChI=1S/C26H20ClN3O4/c1-34-23-11-9-18(16-4-2-3-5-17(16)23)26(19-8-6-14(24(28)31)12-20(19)27)29-21-10-7-15(25(32)33)13-22(21)30-26/h2-13,29-30H,1H3,(H2,28,31)(H,32,33). The van der Waals surface area contributed by atoms with E-state index in [1.807, 2.05) is 36.4 Å². The third-order valence-corrected chi connectivity index (χ3v) is 6.39. The summed E-state index contributed by atoms with van der Waals surface area (Å²) in [7, 11) is 1.62. The fourth-order valence-electron chi connectivity index (χ4n) is 4.49. The maximum absolute atomic E-state index is 11.7. The maximum atomic E-state index is 11.7. The number of methoxy groups -OCH3 is 1. The third-order valence-electron chi connectivity index (χ3n) is 6.08. The van der Waals surface area contributed by atoms with E-state index in [9.17, 15) is 14.7 Å². The highest BCUT2D eigenvalue weighted by Gasteiger charge is 2.43. The zero-order valence-electron chi connectivity index (χ0n) is 18.1. The van der Waals surface area contributed by atoms with Crippen molar-refractivity contribution in [3.05, 3.63) is 100 Å². The Kier molecular flexibility index (Phi) is 5.06. The molecule has 1 atom stereocenters. The van der Waals surface area contributed by atoms with Gasteiger partial charge in [0, 0.05) is 27.1 Å². The second kappa shape index (κ2) is 7.97. The smallest absolute Gasteiger partial charge is 0.335 e. The summed E-state index contributed by atoms with van der Waals surface area (Å²) in [5, 5.41) is 18.6. The molecule has 0 fully saturated rings. The summed E-state index contributed by atoms with van der Waals surface area (Å²) in [4.78, 5) is 23.3. The highest BCUT2D eigenvalue weighted by atomic mass is 35.5. The summed E-state index contributed by atoms with van der Waals surface area (Å²) in [5.41, 5.74) is 7.61. The van der Waals surface area contributed by atoms with Gasteiger partial charge in [0.15, 0.2) is 5.66 Å². The molecule has 5 rings (SSSR count). The first-order valence-corrected chi connectivity index (χ1v) is 10.8. The van der Waals surface area contributed by atoms with Crippen LogP contribution in [-0.4, -0.2) is 24.1 Å². The van der Waals surface area contributed by atoms with E-state index in [0.29, 0.717) is 27.7 Å². The van der Waals surface area contributed by atoms with Gasteiger partial charge < -0.3 is 26.2 Å². The number of primary amides is 1. The highest BCUT2D eigenvalue weighted by molar-refractivity contribution is 6.32. The van der Waals surface area contributed by atoms with Gasteiger partial charge in [-0.25, -0.2) is 4.79 Å². The zero-order chi connectivity index (χ0) is 24.0. The van der Waals surface area contributed by atoms with Crippen LogP contribution in [0, 0.1) is 0 Å². The fraction of sp³-hybridized carbons (Fsp3) is 0.0769. The number of ether oxygens (including phenoxy) is 1. The van der Waals surface area contributed by atoms with E-state index < -0.39 is 17.5 Å². The lowest BCUT2D eigenvalue weighted by Gasteiger charge is -2.34. The molecule has 0 bridgehead atoms. The molecule has 0 aliphatic carbocycles. The summed E-state index contributed by atoms with van der Waals surface area (Å²) < 4.78 is 5.57. The van der Waals surface area contributed by atoms with Gasteiger partial charge in [-0.1, -0.05) is 48.0 Å². The number of fused-ring (bicyclic) bond motifs is 2. The molecular weight excluding hydrogens is 454 g/mol. The predicted molar refractivity (Wildman–Crippen MR) is 132 cm³/mol. The Balaban J connectivity index is 1.79. The number of benzene rings is 4. The number of halogens is 1. The number of amides is 1. The van der Waals surface area contributed by atoms with Gasteiger partial charge in [-0.3, -0.25) is 4.79 Å². The van der Waals surface area contributed by atoms with Gasteiger partial charge in [-0.05, 0) is 41.8 Å². The van der Waals surface area contributed by atoms with Crippen molar-refractivity contribution in [1.29, 1.82) is 0 Å². The number of rotatable bonds is 5. The number of aromatic carboxylic acids is 1. The fourth-order valence-corrected chi connectivity index (χ4v) is 4.81. The van der Waals surface area contributed by atoms with Crippen LogP contribution in [0.15, 0.2) is 72.8 Å². The molecule has 0 aromatic heterocycles. The largest absolute Gasteiger partial charge is 0.496 e. The Morgan fingerprint density at radius 2 is 1.56 bits per heavy atom. The van der Waals surface area contributed by atoms with Gasteiger partial charge in [0.05, 0.1) is 24.0 Å². The Morgan fingerprint density at radius 3 is 2.24 bits per heavy atom. The molecule has 0 saturated carbocycles. The molecule has 0 radical (unpaired) electrons. The van der Waals surface area contributed by atoms with Gasteiger partial charge in [-0.2, -0.15) is 0 Å². The van der Waals surface area contributed by atoms with Gasteiger partial charge in [-0.15, -0.1) is 0 Å². The van der Waals surface area contributed by atoms with Crippen LogP contribution < -0.4 is 21.1 Å². The van der Waals surface area contributed by atoms with Gasteiger partial charge in [0.1, 0.15) is 5.75 Å². The molecule has 170 valence electrons. The average Bonchev–Trinajstić information content (AvgIpc) is 3.22. The number of nitrogens with two attached hydrogens (primary N) is 1. The molecule has 4 aromatic rings. The lowest BCUT2D eigenvalue weighted by atomic mass is 9.87. The molecule has 4 aromatic carbocycles. The molecule has 7 nitrogen and oxygen atoms in total. The van der Waals surface area contributed by atoms with Crippen molar-refractivity contribution in [2.45, 2.75) is 5.66 Å². The van der Waals surface area contributed by atoms with E-state index in [1.54, 1.807) is 31.4 Å². The SMILES string of the molecule is COc1ccc(C2(c3ccc(C(N)=O)cc3Cl)Nc3ccc(C(=O)O)cc3N2)c2ccccc12. The van der Waals surface area contributed by atoms with Crippen LogP contribution in [0.5, 0.6) is 5.75 Å². The van der Waals surface area contributed by atoms with E-state index >= 15 is 0 Å². The second-order valence-corrected chi connectivity index (χ2v) is 8.39. The van der Waals surface area contributed by atoms with E-state index in [0.717, 1.165) is 16.3 Å². The molecular formula is C26H20ClN3O4. The molecule has 1 aliphatic rings. The lowest BCUT2D eigenvalue weighted by molar-refractivity contribution is 0.0696. The Labute approximate surface area is 200 Å². The first-order valence-electron chi connectivity index (χ1n) is 10.4. The normalized spacial score (nSPS) is 16.4. The van der Waals surface area contributed by atoms with Crippen molar-refractivity contribution < 1.29 is 19.4 Å². The van der Waals surface area contributed by atoms with Crippen molar-refractivity contribution in [2.24, 2.45) is 5.73 Å². The molecule has 5 N–H and O–H groups in total. The molecule has 0 saturated heterocycles. The number of carbonyl (C=O) groups is 2. The summed E-state index contributed by atoms with van der Waals surface area (Å²) in [6, 6.07) is 21.3.